The fraction of sp³-hybridized carbons (Fsp3) is 0.250. The first-order valence-electron chi connectivity index (χ1n) is 4.80. The second-order valence-electron chi connectivity index (χ2n) is 3.44. The van der Waals surface area contributed by atoms with Crippen LogP contribution in [0.2, 0.25) is 0 Å². The molecular weight excluding hydrogens is 232 g/mol. The summed E-state index contributed by atoms with van der Waals surface area (Å²) in [5.74, 6) is 0.488. The molecule has 0 spiro atoms. The molecule has 0 aliphatic heterocycles. The number of aliphatic hydroxyl groups is 1. The van der Waals surface area contributed by atoms with Gasteiger partial charge in [0, 0.05) is 0 Å². The van der Waals surface area contributed by atoms with Gasteiger partial charge in [0.25, 0.3) is 0 Å². The van der Waals surface area contributed by atoms with Gasteiger partial charge in [0.05, 0.1) is 0 Å². The van der Waals surface area contributed by atoms with E-state index in [-0.39, 0.29) is 5.78 Å². The Morgan fingerprint density at radius 1 is 1.27 bits per heavy atom. The van der Waals surface area contributed by atoms with Gasteiger partial charge >= 0.3 is 95.0 Å². The number of hydrogen-bond acceptors (Lipinski definition) is 2. The SMILES string of the molecule is CC(=O)C1=[C]([Fe][C]2=C(O)C=CC2)CC=C1. The Balaban J connectivity index is 2.17. The Morgan fingerprint density at radius 2 is 1.93 bits per heavy atom. The monoisotopic (exact) mass is 244 g/mol. The van der Waals surface area contributed by atoms with Crippen LogP contribution in [0.5, 0.6) is 0 Å². The minimum absolute atomic E-state index is 0.116. The third kappa shape index (κ3) is 2.14. The molecule has 0 aromatic heterocycles. The van der Waals surface area contributed by atoms with Crippen molar-refractivity contribution in [1.82, 2.24) is 0 Å². The number of aliphatic hydroxyl groups excluding tert-OH is 1. The molecule has 0 unspecified atom stereocenters. The molecule has 2 rings (SSSR count). The Hall–Kier alpha value is -1.05. The summed E-state index contributed by atoms with van der Waals surface area (Å²) in [6.45, 7) is 1.59. The molecule has 2 aliphatic carbocycles. The molecule has 3 heteroatoms. The average molecular weight is 244 g/mol. The predicted molar refractivity (Wildman–Crippen MR) is 54.9 cm³/mol. The van der Waals surface area contributed by atoms with Gasteiger partial charge in [-0.2, -0.15) is 0 Å². The number of hydrogen-bond donors (Lipinski definition) is 1. The van der Waals surface area contributed by atoms with Crippen molar-refractivity contribution in [2.24, 2.45) is 0 Å². The zero-order chi connectivity index (χ0) is 10.8. The first kappa shape index (κ1) is 10.5. The molecule has 80 valence electrons. The van der Waals surface area contributed by atoms with Crippen molar-refractivity contribution in [2.45, 2.75) is 19.8 Å². The summed E-state index contributed by atoms with van der Waals surface area (Å²) in [4.78, 5) is 11.3. The van der Waals surface area contributed by atoms with Gasteiger partial charge < -0.3 is 0 Å². The van der Waals surface area contributed by atoms with Crippen LogP contribution in [0.15, 0.2) is 44.6 Å². The third-order valence-electron chi connectivity index (χ3n) is 2.29. The van der Waals surface area contributed by atoms with E-state index in [2.05, 4.69) is 0 Å². The molecule has 0 saturated heterocycles. The topological polar surface area (TPSA) is 37.3 Å². The van der Waals surface area contributed by atoms with Gasteiger partial charge in [-0.25, -0.2) is 0 Å². The first-order chi connectivity index (χ1) is 7.18. The average Bonchev–Trinajstić information content (AvgIpc) is 2.77. The van der Waals surface area contributed by atoms with Crippen molar-refractivity contribution in [3.63, 3.8) is 0 Å². The molecule has 0 heterocycles. The molecule has 2 nitrogen and oxygen atoms in total. The summed E-state index contributed by atoms with van der Waals surface area (Å²) in [5, 5.41) is 9.54. The Bertz CT molecular complexity index is 425. The summed E-state index contributed by atoms with van der Waals surface area (Å²) < 4.78 is 2.15. The van der Waals surface area contributed by atoms with Crippen LogP contribution in [0, 0.1) is 0 Å². The zero-order valence-electron chi connectivity index (χ0n) is 8.43. The van der Waals surface area contributed by atoms with Crippen molar-refractivity contribution < 1.29 is 24.9 Å². The standard InChI is InChI=1S/C7H7O.C5H5O.Fe/c1-6(8)7-4-2-3-5-7;6-5-3-1-2-4-5;/h2,4H,3H2,1H3;1,3,6H,2H2;. The van der Waals surface area contributed by atoms with Gasteiger partial charge in [-0.1, -0.05) is 0 Å². The van der Waals surface area contributed by atoms with E-state index in [0.29, 0.717) is 5.76 Å². The Kier molecular flexibility index (Phi) is 2.94. The molecule has 0 saturated carbocycles. The Morgan fingerprint density at radius 3 is 2.53 bits per heavy atom. The molecule has 2 aliphatic rings. The second kappa shape index (κ2) is 4.21. The van der Waals surface area contributed by atoms with Crippen molar-refractivity contribution in [1.29, 1.82) is 0 Å². The van der Waals surface area contributed by atoms with Crippen molar-refractivity contribution in [3.05, 3.63) is 44.6 Å². The van der Waals surface area contributed by atoms with E-state index in [9.17, 15) is 9.90 Å². The normalized spacial score (nSPS) is 19.8. The molecule has 1 N–H and O–H groups in total. The molecule has 0 radical (unpaired) electrons. The van der Waals surface area contributed by atoms with Crippen molar-refractivity contribution in [2.75, 3.05) is 0 Å². The summed E-state index contributed by atoms with van der Waals surface area (Å²) >= 11 is 0.723. The number of Topliss-reactive ketones (excluding diaryl/α,β-unsaturated/α-hetero) is 1. The zero-order valence-corrected chi connectivity index (χ0v) is 9.54. The van der Waals surface area contributed by atoms with Crippen LogP contribution in [-0.4, -0.2) is 10.9 Å². The number of rotatable bonds is 3. The van der Waals surface area contributed by atoms with Gasteiger partial charge in [0.2, 0.25) is 0 Å². The Labute approximate surface area is 95.2 Å². The number of carbonyl (C=O) groups is 1. The van der Waals surface area contributed by atoms with E-state index in [1.54, 1.807) is 13.0 Å². The van der Waals surface area contributed by atoms with Crippen LogP contribution in [0.4, 0.5) is 0 Å². The number of ketones is 1. The number of allylic oxidation sites excluding steroid dienone is 7. The van der Waals surface area contributed by atoms with E-state index in [4.69, 9.17) is 0 Å². The minimum atomic E-state index is 0.116. The van der Waals surface area contributed by atoms with E-state index in [1.807, 2.05) is 18.2 Å². The third-order valence-corrected chi connectivity index (χ3v) is 3.99. The van der Waals surface area contributed by atoms with E-state index in [1.165, 1.54) is 0 Å². The maximum atomic E-state index is 11.3. The van der Waals surface area contributed by atoms with Crippen LogP contribution < -0.4 is 0 Å². The van der Waals surface area contributed by atoms with Gasteiger partial charge in [-0.05, 0) is 0 Å². The van der Waals surface area contributed by atoms with Gasteiger partial charge in [0.1, 0.15) is 0 Å². The summed E-state index contributed by atoms with van der Waals surface area (Å²) in [7, 11) is 0. The second-order valence-corrected chi connectivity index (χ2v) is 5.05. The fourth-order valence-corrected chi connectivity index (χ4v) is 3.09. The molecule has 15 heavy (non-hydrogen) atoms. The van der Waals surface area contributed by atoms with Crippen LogP contribution in [0.25, 0.3) is 0 Å². The molecule has 0 amide bonds. The van der Waals surface area contributed by atoms with Crippen LogP contribution in [0.3, 0.4) is 0 Å². The first-order valence-corrected chi connectivity index (χ1v) is 5.90. The molecule has 0 aromatic carbocycles. The number of carbonyl (C=O) groups excluding carboxylic acids is 1. The molecule has 0 atom stereocenters. The summed E-state index contributed by atoms with van der Waals surface area (Å²) in [6, 6.07) is 0. The maximum absolute atomic E-state index is 11.3. The van der Waals surface area contributed by atoms with E-state index >= 15 is 0 Å². The van der Waals surface area contributed by atoms with Gasteiger partial charge in [-0.3, -0.25) is 0 Å². The van der Waals surface area contributed by atoms with Crippen molar-refractivity contribution >= 4 is 5.78 Å². The summed E-state index contributed by atoms with van der Waals surface area (Å²) in [5.41, 5.74) is 0.821. The molecule has 0 fully saturated rings. The molecular formula is C12H12FeO2. The van der Waals surface area contributed by atoms with E-state index in [0.717, 1.165) is 42.3 Å². The van der Waals surface area contributed by atoms with Crippen LogP contribution in [-0.2, 0) is 19.8 Å². The molecule has 0 bridgehead atoms. The van der Waals surface area contributed by atoms with Gasteiger partial charge in [0.15, 0.2) is 0 Å². The van der Waals surface area contributed by atoms with Crippen LogP contribution in [0.1, 0.15) is 19.8 Å². The van der Waals surface area contributed by atoms with Gasteiger partial charge in [-0.15, -0.1) is 0 Å². The summed E-state index contributed by atoms with van der Waals surface area (Å²) in [6.07, 6.45) is 9.21. The quantitative estimate of drug-likeness (QED) is 0.774. The predicted octanol–water partition coefficient (Wildman–Crippen LogP) is 2.60. The van der Waals surface area contributed by atoms with E-state index < -0.39 is 0 Å². The molecule has 0 aromatic rings. The van der Waals surface area contributed by atoms with Crippen LogP contribution >= 0.6 is 0 Å². The van der Waals surface area contributed by atoms with Crippen molar-refractivity contribution in [3.8, 4) is 0 Å². The fourth-order valence-electron chi connectivity index (χ4n) is 1.54.